The summed E-state index contributed by atoms with van der Waals surface area (Å²) >= 11 is 6.13. The molecule has 4 fully saturated rings. The summed E-state index contributed by atoms with van der Waals surface area (Å²) in [5.41, 5.74) is 3.50. The number of piperidine rings is 2. The number of halogens is 1. The first kappa shape index (κ1) is 13.4. The van der Waals surface area contributed by atoms with Crippen molar-refractivity contribution in [2.75, 3.05) is 26.2 Å². The van der Waals surface area contributed by atoms with Crippen LogP contribution in [0.1, 0.15) is 32.0 Å². The Morgan fingerprint density at radius 1 is 1.09 bits per heavy atom. The molecule has 1 N–H and O–H groups in total. The summed E-state index contributed by atoms with van der Waals surface area (Å²) in [7, 11) is 0. The first-order valence-corrected chi connectivity index (χ1v) is 8.57. The lowest BCUT2D eigenvalue weighted by Gasteiger charge is -2.66. The van der Waals surface area contributed by atoms with E-state index in [1.165, 1.54) is 43.5 Å². The summed E-state index contributed by atoms with van der Waals surface area (Å²) in [4.78, 5) is 8.82. The lowest BCUT2D eigenvalue weighted by Crippen LogP contribution is -2.70. The van der Waals surface area contributed by atoms with Gasteiger partial charge in [-0.3, -0.25) is 9.80 Å². The smallest absolute Gasteiger partial charge is 0.0907 e. The summed E-state index contributed by atoms with van der Waals surface area (Å²) < 4.78 is 0. The van der Waals surface area contributed by atoms with Crippen molar-refractivity contribution in [3.8, 4) is 0 Å². The highest BCUT2D eigenvalue weighted by molar-refractivity contribution is 6.31. The van der Waals surface area contributed by atoms with Crippen molar-refractivity contribution >= 4 is 22.5 Å². The molecule has 4 aliphatic rings. The summed E-state index contributed by atoms with van der Waals surface area (Å²) in [6, 6.07) is 6.20. The Bertz CT molecular complexity index is 729. The predicted octanol–water partition coefficient (Wildman–Crippen LogP) is 3.87. The summed E-state index contributed by atoms with van der Waals surface area (Å²) in [5, 5.41) is 2.11. The van der Waals surface area contributed by atoms with Crippen molar-refractivity contribution < 1.29 is 0 Å². The third kappa shape index (κ3) is 1.76. The van der Waals surface area contributed by atoms with Crippen LogP contribution in [-0.4, -0.2) is 41.0 Å². The van der Waals surface area contributed by atoms with Gasteiger partial charge in [-0.15, -0.1) is 0 Å². The minimum atomic E-state index is 0.427. The van der Waals surface area contributed by atoms with E-state index in [1.54, 1.807) is 0 Å². The molecule has 4 bridgehead atoms. The molecule has 4 aliphatic heterocycles. The Labute approximate surface area is 136 Å². The molecule has 4 saturated heterocycles. The van der Waals surface area contributed by atoms with Crippen molar-refractivity contribution in [3.63, 3.8) is 0 Å². The van der Waals surface area contributed by atoms with Crippen LogP contribution >= 0.6 is 11.6 Å². The third-order valence-electron chi connectivity index (χ3n) is 5.84. The Morgan fingerprint density at radius 3 is 2.36 bits per heavy atom. The Balaban J connectivity index is 1.61. The largest absolute Gasteiger partial charge is 0.361 e. The van der Waals surface area contributed by atoms with E-state index >= 15 is 0 Å². The molecule has 1 aromatic carbocycles. The van der Waals surface area contributed by atoms with Gasteiger partial charge in [0.15, 0.2) is 0 Å². The van der Waals surface area contributed by atoms with Gasteiger partial charge in [-0.1, -0.05) is 31.5 Å². The van der Waals surface area contributed by atoms with Gasteiger partial charge in [-0.05, 0) is 29.4 Å². The number of benzene rings is 1. The number of nitrogens with one attached hydrogen (secondary N) is 1. The standard InChI is InChI=1S/C18H22ClN3/c1-17-7-18(2)10-21(8-17)16(22(9-17)11-18)14-6-20-15-5-12(19)3-4-13(14)15/h3-6,16,20H,7-11H2,1-2H3. The maximum Gasteiger partial charge on any atom is 0.0907 e. The molecular formula is C18H22ClN3. The quantitative estimate of drug-likeness (QED) is 0.863. The molecule has 116 valence electrons. The van der Waals surface area contributed by atoms with Crippen LogP contribution in [0, 0.1) is 10.8 Å². The maximum atomic E-state index is 6.13. The number of fused-ring (bicyclic) bond motifs is 1. The predicted molar refractivity (Wildman–Crippen MR) is 90.0 cm³/mol. The monoisotopic (exact) mass is 315 g/mol. The molecule has 2 aromatic rings. The molecule has 4 heteroatoms. The van der Waals surface area contributed by atoms with Crippen molar-refractivity contribution in [1.29, 1.82) is 0 Å². The number of aromatic nitrogens is 1. The second kappa shape index (κ2) is 4.08. The van der Waals surface area contributed by atoms with Crippen molar-refractivity contribution in [2.24, 2.45) is 10.8 Å². The van der Waals surface area contributed by atoms with Crippen LogP contribution in [-0.2, 0) is 0 Å². The normalized spacial score (nSPS) is 43.1. The molecule has 0 amide bonds. The average molecular weight is 316 g/mol. The minimum Gasteiger partial charge on any atom is -0.361 e. The fourth-order valence-electron chi connectivity index (χ4n) is 5.73. The van der Waals surface area contributed by atoms with Gasteiger partial charge in [0.05, 0.1) is 6.17 Å². The first-order chi connectivity index (χ1) is 10.4. The number of rotatable bonds is 1. The van der Waals surface area contributed by atoms with Crippen LogP contribution in [0.2, 0.25) is 5.02 Å². The van der Waals surface area contributed by atoms with E-state index < -0.39 is 0 Å². The maximum absolute atomic E-state index is 6.13. The summed E-state index contributed by atoms with van der Waals surface area (Å²) in [6.45, 7) is 9.84. The zero-order chi connectivity index (χ0) is 15.1. The second-order valence-electron chi connectivity index (χ2n) is 8.42. The van der Waals surface area contributed by atoms with Gasteiger partial charge in [0.2, 0.25) is 0 Å². The number of hydrogen-bond donors (Lipinski definition) is 1. The van der Waals surface area contributed by atoms with Crippen LogP contribution in [0.5, 0.6) is 0 Å². The van der Waals surface area contributed by atoms with Crippen LogP contribution in [0.15, 0.2) is 24.4 Å². The fourth-order valence-corrected chi connectivity index (χ4v) is 5.90. The summed E-state index contributed by atoms with van der Waals surface area (Å²) in [6.07, 6.45) is 4.00. The lowest BCUT2D eigenvalue weighted by molar-refractivity contribution is -0.194. The summed E-state index contributed by atoms with van der Waals surface area (Å²) in [5.74, 6) is 0. The minimum absolute atomic E-state index is 0.427. The molecule has 0 radical (unpaired) electrons. The van der Waals surface area contributed by atoms with Crippen LogP contribution in [0.3, 0.4) is 0 Å². The van der Waals surface area contributed by atoms with Crippen molar-refractivity contribution in [3.05, 3.63) is 35.0 Å². The molecule has 1 aromatic heterocycles. The van der Waals surface area contributed by atoms with Crippen LogP contribution < -0.4 is 0 Å². The number of nitrogens with zero attached hydrogens (tertiary/aromatic N) is 2. The van der Waals surface area contributed by atoms with Gasteiger partial charge in [-0.25, -0.2) is 0 Å². The van der Waals surface area contributed by atoms with Crippen LogP contribution in [0.4, 0.5) is 0 Å². The van der Waals surface area contributed by atoms with Gasteiger partial charge in [-0.2, -0.15) is 0 Å². The highest BCUT2D eigenvalue weighted by Crippen LogP contribution is 2.54. The molecule has 6 rings (SSSR count). The van der Waals surface area contributed by atoms with E-state index in [2.05, 4.69) is 40.9 Å². The van der Waals surface area contributed by atoms with E-state index in [1.807, 2.05) is 12.1 Å². The van der Waals surface area contributed by atoms with Gasteiger partial charge in [0.1, 0.15) is 0 Å². The second-order valence-corrected chi connectivity index (χ2v) is 8.85. The molecule has 0 spiro atoms. The number of hydrogen-bond acceptors (Lipinski definition) is 2. The van der Waals surface area contributed by atoms with E-state index in [0.717, 1.165) is 10.5 Å². The van der Waals surface area contributed by atoms with Gasteiger partial charge < -0.3 is 4.98 Å². The Hall–Kier alpha value is -1.03. The van der Waals surface area contributed by atoms with Crippen molar-refractivity contribution in [1.82, 2.24) is 14.8 Å². The van der Waals surface area contributed by atoms with Gasteiger partial charge >= 0.3 is 0 Å². The average Bonchev–Trinajstić information content (AvgIpc) is 2.78. The zero-order valence-electron chi connectivity index (χ0n) is 13.2. The number of H-pyrrole nitrogens is 1. The molecule has 5 heterocycles. The van der Waals surface area contributed by atoms with E-state index in [-0.39, 0.29) is 0 Å². The fraction of sp³-hybridized carbons (Fsp3) is 0.556. The molecule has 0 atom stereocenters. The molecular weight excluding hydrogens is 294 g/mol. The van der Waals surface area contributed by atoms with Crippen molar-refractivity contribution in [2.45, 2.75) is 26.4 Å². The van der Waals surface area contributed by atoms with Gasteiger partial charge in [0.25, 0.3) is 0 Å². The molecule has 0 aliphatic carbocycles. The highest BCUT2D eigenvalue weighted by atomic mass is 35.5. The van der Waals surface area contributed by atoms with Crippen LogP contribution in [0.25, 0.3) is 10.9 Å². The van der Waals surface area contributed by atoms with E-state index in [0.29, 0.717) is 17.0 Å². The number of aromatic amines is 1. The molecule has 3 nitrogen and oxygen atoms in total. The molecule has 0 unspecified atom stereocenters. The zero-order valence-corrected chi connectivity index (χ0v) is 14.0. The Morgan fingerprint density at radius 2 is 1.73 bits per heavy atom. The highest BCUT2D eigenvalue weighted by Gasteiger charge is 2.56. The van der Waals surface area contributed by atoms with E-state index in [9.17, 15) is 0 Å². The SMILES string of the molecule is CC12CN3CC(C)(CN(C1)C3c1c[nH]c3cc(Cl)ccc13)C2. The topological polar surface area (TPSA) is 22.3 Å². The molecule has 0 saturated carbocycles. The third-order valence-corrected chi connectivity index (χ3v) is 6.07. The Kier molecular flexibility index (Phi) is 2.49. The van der Waals surface area contributed by atoms with E-state index in [4.69, 9.17) is 11.6 Å². The lowest BCUT2D eigenvalue weighted by atomic mass is 9.63. The van der Waals surface area contributed by atoms with Gasteiger partial charge in [0, 0.05) is 53.9 Å². The first-order valence-electron chi connectivity index (χ1n) is 8.20. The molecule has 22 heavy (non-hydrogen) atoms.